The predicted octanol–water partition coefficient (Wildman–Crippen LogP) is 6.19. The lowest BCUT2D eigenvalue weighted by molar-refractivity contribution is -0.139. The molecule has 0 heterocycles. The van der Waals surface area contributed by atoms with Crippen molar-refractivity contribution in [3.8, 4) is 11.1 Å². The molecule has 0 aromatic heterocycles. The van der Waals surface area contributed by atoms with Crippen LogP contribution in [0, 0.1) is 0 Å². The minimum absolute atomic E-state index is 0.0513. The molecule has 1 atom stereocenters. The fraction of sp³-hybridized carbons (Fsp3) is 0.333. The van der Waals surface area contributed by atoms with Crippen molar-refractivity contribution < 1.29 is 29.4 Å². The molecule has 0 saturated heterocycles. The monoisotopic (exact) mass is 558 g/mol. The van der Waals surface area contributed by atoms with E-state index in [9.17, 15) is 24.3 Å². The van der Waals surface area contributed by atoms with Gasteiger partial charge in [-0.25, -0.2) is 9.59 Å². The van der Waals surface area contributed by atoms with E-state index in [1.807, 2.05) is 48.5 Å². The number of carbonyl (C=O) groups excluding carboxylic acids is 2. The first kappa shape index (κ1) is 31.1. The van der Waals surface area contributed by atoms with E-state index in [1.54, 1.807) is 11.9 Å². The average molecular weight is 559 g/mol. The Morgan fingerprint density at radius 2 is 1.44 bits per heavy atom. The summed E-state index contributed by atoms with van der Waals surface area (Å²) in [6.45, 7) is 2.19. The van der Waals surface area contributed by atoms with Crippen molar-refractivity contribution in [3.63, 3.8) is 0 Å². The molecule has 216 valence electrons. The topological polar surface area (TPSA) is 124 Å². The number of hydrogen-bond donors (Lipinski definition) is 3. The number of unbranched alkanes of at least 4 members (excludes halogenated alkanes) is 5. The number of nitrogens with zero attached hydrogens (tertiary/aromatic N) is 1. The lowest BCUT2D eigenvalue weighted by Gasteiger charge is -2.18. The van der Waals surface area contributed by atoms with E-state index >= 15 is 0 Å². The van der Waals surface area contributed by atoms with Gasteiger partial charge in [0.15, 0.2) is 0 Å². The molecular formula is C33H38N2O6. The summed E-state index contributed by atoms with van der Waals surface area (Å²) in [7, 11) is 1.79. The Bertz CT molecular complexity index is 1350. The SMILES string of the molecule is CCCCCCCCC(=O)N(C)c1cccc(-c2ccc(C[C@H](NC(=O)c3cccc(C(=O)O)c3)C(=O)O)cc2)c1. The highest BCUT2D eigenvalue weighted by atomic mass is 16.4. The van der Waals surface area contributed by atoms with E-state index in [4.69, 9.17) is 5.11 Å². The van der Waals surface area contributed by atoms with Crippen LogP contribution in [0.1, 0.15) is 78.1 Å². The van der Waals surface area contributed by atoms with Gasteiger partial charge in [-0.2, -0.15) is 0 Å². The molecule has 3 aromatic carbocycles. The summed E-state index contributed by atoms with van der Waals surface area (Å²) < 4.78 is 0. The second-order valence-corrected chi connectivity index (χ2v) is 10.2. The number of nitrogens with one attached hydrogen (secondary N) is 1. The molecule has 8 nitrogen and oxygen atoms in total. The summed E-state index contributed by atoms with van der Waals surface area (Å²) in [5.74, 6) is -2.95. The fourth-order valence-corrected chi connectivity index (χ4v) is 4.57. The van der Waals surface area contributed by atoms with Crippen LogP contribution in [0.4, 0.5) is 5.69 Å². The van der Waals surface area contributed by atoms with Gasteiger partial charge in [0.2, 0.25) is 5.91 Å². The van der Waals surface area contributed by atoms with Gasteiger partial charge in [-0.1, -0.05) is 81.5 Å². The lowest BCUT2D eigenvalue weighted by Crippen LogP contribution is -2.42. The number of hydrogen-bond acceptors (Lipinski definition) is 4. The van der Waals surface area contributed by atoms with Crippen LogP contribution in [0.15, 0.2) is 72.8 Å². The predicted molar refractivity (Wildman–Crippen MR) is 159 cm³/mol. The number of carboxylic acid groups (broad SMARTS) is 2. The van der Waals surface area contributed by atoms with Gasteiger partial charge in [0.05, 0.1) is 5.56 Å². The van der Waals surface area contributed by atoms with Crippen molar-refractivity contribution in [1.82, 2.24) is 5.32 Å². The van der Waals surface area contributed by atoms with Crippen molar-refractivity contribution in [1.29, 1.82) is 0 Å². The standard InChI is InChI=1S/C33H38N2O6/c1-3-4-5-6-7-8-15-30(36)35(2)28-14-10-11-25(22-28)24-18-16-23(17-19-24)20-29(33(40)41)34-31(37)26-12-9-13-27(21-26)32(38)39/h9-14,16-19,21-22,29H,3-8,15,20H2,1-2H3,(H,34,37)(H,38,39)(H,40,41)/t29-/m0/s1. The molecule has 0 unspecified atom stereocenters. The van der Waals surface area contributed by atoms with Crippen LogP contribution in [0.2, 0.25) is 0 Å². The highest BCUT2D eigenvalue weighted by Crippen LogP contribution is 2.26. The van der Waals surface area contributed by atoms with E-state index in [2.05, 4.69) is 12.2 Å². The number of amides is 2. The smallest absolute Gasteiger partial charge is 0.335 e. The number of carbonyl (C=O) groups is 4. The van der Waals surface area contributed by atoms with Crippen molar-refractivity contribution in [2.24, 2.45) is 0 Å². The third-order valence-corrected chi connectivity index (χ3v) is 7.05. The van der Waals surface area contributed by atoms with Crippen LogP contribution < -0.4 is 10.2 Å². The molecular weight excluding hydrogens is 520 g/mol. The summed E-state index contributed by atoms with van der Waals surface area (Å²) >= 11 is 0. The maximum absolute atomic E-state index is 12.7. The molecule has 0 bridgehead atoms. The molecule has 0 radical (unpaired) electrons. The van der Waals surface area contributed by atoms with Crippen LogP contribution in [0.25, 0.3) is 11.1 Å². The third-order valence-electron chi connectivity index (χ3n) is 7.05. The number of carboxylic acids is 2. The van der Waals surface area contributed by atoms with E-state index in [-0.39, 0.29) is 23.5 Å². The minimum Gasteiger partial charge on any atom is -0.480 e. The maximum Gasteiger partial charge on any atom is 0.335 e. The molecule has 2 amide bonds. The van der Waals surface area contributed by atoms with Gasteiger partial charge in [0.1, 0.15) is 6.04 Å². The minimum atomic E-state index is -1.20. The second kappa shape index (κ2) is 15.4. The Labute approximate surface area is 241 Å². The number of aliphatic carboxylic acids is 1. The first-order chi connectivity index (χ1) is 19.7. The molecule has 0 aliphatic carbocycles. The largest absolute Gasteiger partial charge is 0.480 e. The Morgan fingerprint density at radius 3 is 2.12 bits per heavy atom. The second-order valence-electron chi connectivity index (χ2n) is 10.2. The summed E-state index contributed by atoms with van der Waals surface area (Å²) in [5.41, 5.74) is 3.37. The van der Waals surface area contributed by atoms with Gasteiger partial charge in [0.25, 0.3) is 5.91 Å². The third kappa shape index (κ3) is 9.31. The summed E-state index contributed by atoms with van der Waals surface area (Å²) in [6.07, 6.45) is 7.35. The zero-order chi connectivity index (χ0) is 29.8. The zero-order valence-corrected chi connectivity index (χ0v) is 23.6. The number of rotatable bonds is 15. The van der Waals surface area contributed by atoms with Crippen molar-refractivity contribution in [2.45, 2.75) is 64.3 Å². The van der Waals surface area contributed by atoms with E-state index in [0.29, 0.717) is 12.0 Å². The molecule has 3 aromatic rings. The van der Waals surface area contributed by atoms with Crippen molar-refractivity contribution in [3.05, 3.63) is 89.5 Å². The van der Waals surface area contributed by atoms with Gasteiger partial charge in [-0.15, -0.1) is 0 Å². The molecule has 0 aliphatic rings. The van der Waals surface area contributed by atoms with E-state index in [0.717, 1.165) is 36.1 Å². The van der Waals surface area contributed by atoms with E-state index < -0.39 is 23.9 Å². The number of aromatic carboxylic acids is 1. The molecule has 3 N–H and O–H groups in total. The quantitative estimate of drug-likeness (QED) is 0.191. The molecule has 0 aliphatic heterocycles. The van der Waals surface area contributed by atoms with Gasteiger partial charge in [-0.05, 0) is 53.4 Å². The molecule has 0 saturated carbocycles. The number of benzene rings is 3. The summed E-state index contributed by atoms with van der Waals surface area (Å²) in [4.78, 5) is 50.1. The molecule has 0 spiro atoms. The zero-order valence-electron chi connectivity index (χ0n) is 23.6. The van der Waals surface area contributed by atoms with Crippen LogP contribution in [0.3, 0.4) is 0 Å². The van der Waals surface area contributed by atoms with E-state index in [1.165, 1.54) is 43.5 Å². The first-order valence-electron chi connectivity index (χ1n) is 14.0. The lowest BCUT2D eigenvalue weighted by atomic mass is 10.00. The average Bonchev–Trinajstić information content (AvgIpc) is 2.98. The Balaban J connectivity index is 1.62. The van der Waals surface area contributed by atoms with Gasteiger partial charge in [-0.3, -0.25) is 9.59 Å². The van der Waals surface area contributed by atoms with Gasteiger partial charge < -0.3 is 20.4 Å². The Kier molecular flexibility index (Phi) is 11.6. The Morgan fingerprint density at radius 1 is 0.780 bits per heavy atom. The highest BCUT2D eigenvalue weighted by Gasteiger charge is 2.22. The molecule has 8 heteroatoms. The highest BCUT2D eigenvalue weighted by molar-refractivity contribution is 5.99. The van der Waals surface area contributed by atoms with Crippen LogP contribution in [-0.2, 0) is 16.0 Å². The number of anilines is 1. The normalized spacial score (nSPS) is 11.5. The van der Waals surface area contributed by atoms with Gasteiger partial charge >= 0.3 is 11.9 Å². The summed E-state index contributed by atoms with van der Waals surface area (Å²) in [5, 5.41) is 21.3. The van der Waals surface area contributed by atoms with Crippen LogP contribution >= 0.6 is 0 Å². The van der Waals surface area contributed by atoms with Crippen LogP contribution in [-0.4, -0.2) is 47.1 Å². The molecule has 3 rings (SSSR count). The van der Waals surface area contributed by atoms with Crippen molar-refractivity contribution in [2.75, 3.05) is 11.9 Å². The first-order valence-corrected chi connectivity index (χ1v) is 14.0. The Hall–Kier alpha value is -4.46. The molecule has 41 heavy (non-hydrogen) atoms. The van der Waals surface area contributed by atoms with Crippen LogP contribution in [0.5, 0.6) is 0 Å². The maximum atomic E-state index is 12.7. The molecule has 0 fully saturated rings. The summed E-state index contributed by atoms with van der Waals surface area (Å²) in [6, 6.07) is 19.3. The fourth-order valence-electron chi connectivity index (χ4n) is 4.57. The van der Waals surface area contributed by atoms with Crippen molar-refractivity contribution >= 4 is 29.4 Å². The van der Waals surface area contributed by atoms with Gasteiger partial charge in [0, 0.05) is 31.1 Å².